The quantitative estimate of drug-likeness (QED) is 0.304. The number of ether oxygens (including phenoxy) is 2. The first kappa shape index (κ1) is 23.4. The molecule has 1 aliphatic carbocycles. The topological polar surface area (TPSA) is 77.8 Å². The third-order valence-corrected chi connectivity index (χ3v) is 7.23. The van der Waals surface area contributed by atoms with Crippen LogP contribution in [0, 0.1) is 5.92 Å². The van der Waals surface area contributed by atoms with Crippen molar-refractivity contribution < 1.29 is 23.5 Å². The van der Waals surface area contributed by atoms with E-state index in [-0.39, 0.29) is 18.5 Å². The Morgan fingerprint density at radius 2 is 2.12 bits per heavy atom. The molecule has 0 aliphatic heterocycles. The van der Waals surface area contributed by atoms with Gasteiger partial charge in [0.15, 0.2) is 11.3 Å². The van der Waals surface area contributed by atoms with Gasteiger partial charge in [-0.2, -0.15) is 0 Å². The van der Waals surface area contributed by atoms with E-state index in [9.17, 15) is 9.59 Å². The van der Waals surface area contributed by atoms with Crippen LogP contribution in [0.3, 0.4) is 0 Å². The van der Waals surface area contributed by atoms with Gasteiger partial charge in [-0.05, 0) is 55.9 Å². The summed E-state index contributed by atoms with van der Waals surface area (Å²) in [5.74, 6) is 0.883. The van der Waals surface area contributed by atoms with Crippen LogP contribution < -0.4 is 10.1 Å². The van der Waals surface area contributed by atoms with Crippen molar-refractivity contribution in [3.05, 3.63) is 51.1 Å². The molecule has 8 heteroatoms. The van der Waals surface area contributed by atoms with Crippen molar-refractivity contribution in [1.29, 1.82) is 0 Å². The molecule has 0 fully saturated rings. The number of furan rings is 1. The third-order valence-electron chi connectivity index (χ3n) is 5.85. The highest BCUT2D eigenvalue weighted by Gasteiger charge is 2.29. The number of esters is 1. The number of fused-ring (bicyclic) bond motifs is 2. The molecule has 1 aliphatic rings. The number of halogens is 1. The molecule has 1 amide bonds. The van der Waals surface area contributed by atoms with E-state index in [1.165, 1.54) is 17.4 Å². The molecule has 1 N–H and O–H groups in total. The van der Waals surface area contributed by atoms with Crippen LogP contribution in [-0.2, 0) is 22.4 Å². The molecule has 174 valence electrons. The van der Waals surface area contributed by atoms with Crippen LogP contribution >= 0.6 is 22.9 Å². The van der Waals surface area contributed by atoms with Crippen LogP contribution in [0.15, 0.2) is 28.7 Å². The van der Waals surface area contributed by atoms with Crippen LogP contribution in [-0.4, -0.2) is 25.6 Å². The third kappa shape index (κ3) is 4.94. The van der Waals surface area contributed by atoms with Gasteiger partial charge in [-0.25, -0.2) is 4.79 Å². The maximum atomic E-state index is 12.7. The molecule has 4 rings (SSSR count). The van der Waals surface area contributed by atoms with Crippen molar-refractivity contribution >= 4 is 56.9 Å². The van der Waals surface area contributed by atoms with Crippen LogP contribution in [0.5, 0.6) is 5.75 Å². The Balaban J connectivity index is 1.57. The second-order valence-electron chi connectivity index (χ2n) is 7.94. The lowest BCUT2D eigenvalue weighted by Gasteiger charge is -2.20. The summed E-state index contributed by atoms with van der Waals surface area (Å²) in [7, 11) is 1.54. The molecule has 1 aromatic carbocycles. The highest BCUT2D eigenvalue weighted by molar-refractivity contribution is 7.17. The summed E-state index contributed by atoms with van der Waals surface area (Å²) in [4.78, 5) is 26.6. The van der Waals surface area contributed by atoms with Gasteiger partial charge in [-0.15, -0.1) is 11.3 Å². The molecule has 3 aromatic rings. The number of rotatable bonds is 7. The van der Waals surface area contributed by atoms with Gasteiger partial charge in [-0.3, -0.25) is 4.79 Å². The summed E-state index contributed by atoms with van der Waals surface area (Å²) >= 11 is 7.59. The molecular weight excluding hydrogens is 462 g/mol. The van der Waals surface area contributed by atoms with Crippen molar-refractivity contribution in [1.82, 2.24) is 0 Å². The summed E-state index contributed by atoms with van der Waals surface area (Å²) in [6, 6.07) is 5.23. The van der Waals surface area contributed by atoms with Crippen molar-refractivity contribution in [2.24, 2.45) is 5.92 Å². The maximum Gasteiger partial charge on any atom is 0.341 e. The fourth-order valence-electron chi connectivity index (χ4n) is 4.16. The first-order chi connectivity index (χ1) is 15.9. The average molecular weight is 488 g/mol. The molecule has 0 spiro atoms. The number of anilines is 1. The van der Waals surface area contributed by atoms with Crippen molar-refractivity contribution in [2.75, 3.05) is 19.0 Å². The molecule has 1 atom stereocenters. The molecule has 0 saturated carbocycles. The molecule has 0 saturated heterocycles. The standard InChI is InChI=1S/C25H26ClNO5S/c1-4-14-6-8-18-20(10-14)33-24(22(18)25(29)31-5-2)27-21(28)9-7-17-12-15-11-16(26)13-19(30-3)23(15)32-17/h7,9,11-14H,4-6,8,10H2,1-3H3,(H,27,28)/b9-7+. The number of hydrogen-bond donors (Lipinski definition) is 1. The summed E-state index contributed by atoms with van der Waals surface area (Å²) in [5.41, 5.74) is 2.07. The number of hydrogen-bond acceptors (Lipinski definition) is 6. The first-order valence-corrected chi connectivity index (χ1v) is 12.2. The van der Waals surface area contributed by atoms with Gasteiger partial charge in [0.1, 0.15) is 10.8 Å². The van der Waals surface area contributed by atoms with Crippen LogP contribution in [0.2, 0.25) is 5.02 Å². The summed E-state index contributed by atoms with van der Waals surface area (Å²) < 4.78 is 16.4. The van der Waals surface area contributed by atoms with E-state index in [1.807, 2.05) is 0 Å². The van der Waals surface area contributed by atoms with E-state index in [4.69, 9.17) is 25.5 Å². The Kier molecular flexibility index (Phi) is 7.10. The Labute approximate surface area is 201 Å². The minimum absolute atomic E-state index is 0.286. The largest absolute Gasteiger partial charge is 0.493 e. The van der Waals surface area contributed by atoms with E-state index >= 15 is 0 Å². The van der Waals surface area contributed by atoms with Gasteiger partial charge in [0.25, 0.3) is 0 Å². The number of carbonyl (C=O) groups excluding carboxylic acids is 2. The van der Waals surface area contributed by atoms with Crippen LogP contribution in [0.1, 0.15) is 53.2 Å². The highest BCUT2D eigenvalue weighted by Crippen LogP contribution is 2.41. The number of thiophene rings is 1. The van der Waals surface area contributed by atoms with Crippen LogP contribution in [0.25, 0.3) is 17.0 Å². The van der Waals surface area contributed by atoms with E-state index in [2.05, 4.69) is 12.2 Å². The van der Waals surface area contributed by atoms with E-state index in [1.54, 1.807) is 38.3 Å². The number of amides is 1. The van der Waals surface area contributed by atoms with Gasteiger partial charge in [0.2, 0.25) is 5.91 Å². The van der Waals surface area contributed by atoms with Gasteiger partial charge in [0.05, 0.1) is 19.3 Å². The lowest BCUT2D eigenvalue weighted by atomic mass is 9.85. The predicted octanol–water partition coefficient (Wildman–Crippen LogP) is 6.50. The number of methoxy groups -OCH3 is 1. The Bertz CT molecular complexity index is 1230. The monoisotopic (exact) mass is 487 g/mol. The number of benzene rings is 1. The molecule has 1 unspecified atom stereocenters. The Morgan fingerprint density at radius 3 is 2.85 bits per heavy atom. The van der Waals surface area contributed by atoms with Crippen molar-refractivity contribution in [3.8, 4) is 5.75 Å². The minimum Gasteiger partial charge on any atom is -0.493 e. The fourth-order valence-corrected chi connectivity index (χ4v) is 5.73. The number of nitrogens with one attached hydrogen (secondary N) is 1. The second-order valence-corrected chi connectivity index (χ2v) is 9.48. The lowest BCUT2D eigenvalue weighted by molar-refractivity contribution is -0.111. The fraction of sp³-hybridized carbons (Fsp3) is 0.360. The van der Waals surface area contributed by atoms with Gasteiger partial charge >= 0.3 is 5.97 Å². The van der Waals surface area contributed by atoms with Crippen LogP contribution in [0.4, 0.5) is 5.00 Å². The zero-order valence-corrected chi connectivity index (χ0v) is 20.4. The highest BCUT2D eigenvalue weighted by atomic mass is 35.5. The molecule has 6 nitrogen and oxygen atoms in total. The molecular formula is C25H26ClNO5S. The smallest absolute Gasteiger partial charge is 0.341 e. The van der Waals surface area contributed by atoms with Crippen molar-refractivity contribution in [2.45, 2.75) is 39.5 Å². The minimum atomic E-state index is -0.384. The van der Waals surface area contributed by atoms with E-state index in [0.29, 0.717) is 38.6 Å². The van der Waals surface area contributed by atoms with E-state index in [0.717, 1.165) is 41.5 Å². The predicted molar refractivity (Wildman–Crippen MR) is 132 cm³/mol. The van der Waals surface area contributed by atoms with Gasteiger partial charge in [-0.1, -0.05) is 24.9 Å². The SMILES string of the molecule is CCOC(=O)c1c(NC(=O)/C=C/c2cc3cc(Cl)cc(OC)c3o2)sc2c1CCC(CC)C2. The Hall–Kier alpha value is -2.77. The second kappa shape index (κ2) is 10.0. The molecule has 33 heavy (non-hydrogen) atoms. The summed E-state index contributed by atoms with van der Waals surface area (Å²) in [5, 5.41) is 4.74. The molecule has 2 aromatic heterocycles. The van der Waals surface area contributed by atoms with Gasteiger partial charge in [0, 0.05) is 27.4 Å². The maximum absolute atomic E-state index is 12.7. The lowest BCUT2D eigenvalue weighted by Crippen LogP contribution is -2.16. The molecule has 0 radical (unpaired) electrons. The zero-order chi connectivity index (χ0) is 23.5. The normalized spacial score (nSPS) is 15.6. The number of carbonyl (C=O) groups is 2. The van der Waals surface area contributed by atoms with Crippen molar-refractivity contribution in [3.63, 3.8) is 0 Å². The molecule has 2 heterocycles. The summed E-state index contributed by atoms with van der Waals surface area (Å²) in [6.07, 6.45) is 6.86. The molecule has 0 bridgehead atoms. The van der Waals surface area contributed by atoms with E-state index < -0.39 is 0 Å². The Morgan fingerprint density at radius 1 is 1.30 bits per heavy atom. The zero-order valence-electron chi connectivity index (χ0n) is 18.8. The first-order valence-electron chi connectivity index (χ1n) is 11.0. The average Bonchev–Trinajstić information content (AvgIpc) is 3.37. The van der Waals surface area contributed by atoms with Gasteiger partial charge < -0.3 is 19.2 Å². The summed E-state index contributed by atoms with van der Waals surface area (Å²) in [6.45, 7) is 4.25.